The number of aromatic nitrogens is 2. The number of Topliss-reactive ketones (excluding diaryl/α,β-unsaturated/α-hetero) is 1. The lowest BCUT2D eigenvalue weighted by Crippen LogP contribution is -2.26. The average molecular weight is 277 g/mol. The topological polar surface area (TPSA) is 34.9 Å². The lowest BCUT2D eigenvalue weighted by molar-refractivity contribution is 0.0985. The van der Waals surface area contributed by atoms with Crippen LogP contribution in [-0.2, 0) is 6.54 Å². The summed E-state index contributed by atoms with van der Waals surface area (Å²) >= 11 is 9.58. The van der Waals surface area contributed by atoms with Gasteiger partial charge in [-0.1, -0.05) is 11.6 Å². The molecule has 1 aliphatic heterocycles. The Bertz CT molecular complexity index is 388. The molecule has 88 valence electrons. The number of thioether (sulfide) groups is 2. The van der Waals surface area contributed by atoms with Crippen molar-refractivity contribution in [3.8, 4) is 0 Å². The van der Waals surface area contributed by atoms with E-state index in [1.165, 1.54) is 0 Å². The van der Waals surface area contributed by atoms with Gasteiger partial charge in [-0.25, -0.2) is 0 Å². The molecule has 1 aromatic heterocycles. The predicted octanol–water partition coefficient (Wildman–Crippen LogP) is 2.59. The van der Waals surface area contributed by atoms with Gasteiger partial charge in [0.25, 0.3) is 0 Å². The van der Waals surface area contributed by atoms with Crippen LogP contribution in [0.25, 0.3) is 0 Å². The highest BCUT2D eigenvalue weighted by atomic mass is 35.5. The molecule has 0 spiro atoms. The third-order valence-corrected chi connectivity index (χ3v) is 5.47. The zero-order chi connectivity index (χ0) is 11.5. The molecule has 0 aromatic carbocycles. The van der Waals surface area contributed by atoms with E-state index in [0.29, 0.717) is 17.3 Å². The molecule has 0 N–H and O–H groups in total. The Morgan fingerprint density at radius 2 is 2.50 bits per heavy atom. The number of halogens is 1. The zero-order valence-electron chi connectivity index (χ0n) is 8.98. The van der Waals surface area contributed by atoms with E-state index in [1.807, 2.05) is 18.7 Å². The average Bonchev–Trinajstić information content (AvgIpc) is 2.70. The maximum atomic E-state index is 12.3. The molecular formula is C10H13ClN2OS2. The Balaban J connectivity index is 2.21. The highest BCUT2D eigenvalue weighted by molar-refractivity contribution is 8.07. The van der Waals surface area contributed by atoms with Crippen molar-refractivity contribution in [1.82, 2.24) is 9.78 Å². The Hall–Kier alpha value is -0.130. The number of carbonyl (C=O) groups excluding carboxylic acids is 1. The van der Waals surface area contributed by atoms with E-state index >= 15 is 0 Å². The number of rotatable bonds is 3. The molecule has 0 radical (unpaired) electrons. The van der Waals surface area contributed by atoms with Crippen LogP contribution in [-0.4, -0.2) is 38.1 Å². The van der Waals surface area contributed by atoms with E-state index in [9.17, 15) is 4.79 Å². The maximum absolute atomic E-state index is 12.3. The van der Waals surface area contributed by atoms with Gasteiger partial charge in [0, 0.05) is 23.8 Å². The number of ketones is 1. The second-order valence-corrected chi connectivity index (χ2v) is 6.32. The first-order valence-corrected chi connectivity index (χ1v) is 7.77. The summed E-state index contributed by atoms with van der Waals surface area (Å²) in [6, 6.07) is 0. The Morgan fingerprint density at radius 1 is 1.69 bits per heavy atom. The Morgan fingerprint density at radius 3 is 3.12 bits per heavy atom. The fourth-order valence-electron chi connectivity index (χ4n) is 1.64. The van der Waals surface area contributed by atoms with E-state index in [2.05, 4.69) is 5.10 Å². The lowest BCUT2D eigenvalue weighted by Gasteiger charge is -2.20. The lowest BCUT2D eigenvalue weighted by atomic mass is 10.2. The van der Waals surface area contributed by atoms with Gasteiger partial charge in [-0.3, -0.25) is 9.48 Å². The van der Waals surface area contributed by atoms with Crippen LogP contribution in [0.5, 0.6) is 0 Å². The summed E-state index contributed by atoms with van der Waals surface area (Å²) in [5, 5.41) is 4.61. The molecular weight excluding hydrogens is 264 g/mol. The van der Waals surface area contributed by atoms with Crippen LogP contribution in [0.1, 0.15) is 17.4 Å². The second-order valence-electron chi connectivity index (χ2n) is 3.46. The smallest absolute Gasteiger partial charge is 0.196 e. The van der Waals surface area contributed by atoms with Gasteiger partial charge in [0.05, 0.1) is 16.5 Å². The van der Waals surface area contributed by atoms with Crippen LogP contribution in [0, 0.1) is 0 Å². The zero-order valence-corrected chi connectivity index (χ0v) is 11.4. The molecule has 1 unspecified atom stereocenters. The molecule has 1 aromatic rings. The largest absolute Gasteiger partial charge is 0.291 e. The van der Waals surface area contributed by atoms with Crippen molar-refractivity contribution >= 4 is 40.9 Å². The first kappa shape index (κ1) is 12.3. The summed E-state index contributed by atoms with van der Waals surface area (Å²) in [6.45, 7) is 2.64. The minimum absolute atomic E-state index is 0.0400. The SMILES string of the molecule is CCn1ncc(Cl)c1C(=O)C1CSCCS1. The van der Waals surface area contributed by atoms with Gasteiger partial charge in [0.1, 0.15) is 5.69 Å². The molecule has 3 nitrogen and oxygen atoms in total. The summed E-state index contributed by atoms with van der Waals surface area (Å²) in [4.78, 5) is 12.3. The molecule has 1 saturated heterocycles. The molecule has 16 heavy (non-hydrogen) atoms. The monoisotopic (exact) mass is 276 g/mol. The highest BCUT2D eigenvalue weighted by Crippen LogP contribution is 2.28. The number of hydrogen-bond acceptors (Lipinski definition) is 4. The van der Waals surface area contributed by atoms with Crippen LogP contribution >= 0.6 is 35.1 Å². The van der Waals surface area contributed by atoms with Crippen LogP contribution in [0.2, 0.25) is 5.02 Å². The fourth-order valence-corrected chi connectivity index (χ4v) is 4.48. The minimum Gasteiger partial charge on any atom is -0.291 e. The minimum atomic E-state index is 0.0400. The third kappa shape index (κ3) is 2.41. The number of carbonyl (C=O) groups is 1. The standard InChI is InChI=1S/C10H13ClN2OS2/c1-2-13-9(7(11)5-12-13)10(14)8-6-15-3-4-16-8/h5,8H,2-4,6H2,1H3. The molecule has 0 saturated carbocycles. The molecule has 0 aliphatic carbocycles. The number of aryl methyl sites for hydroxylation is 1. The Labute approximate surface area is 108 Å². The van der Waals surface area contributed by atoms with Crippen molar-refractivity contribution in [1.29, 1.82) is 0 Å². The normalized spacial score (nSPS) is 21.0. The van der Waals surface area contributed by atoms with Crippen LogP contribution in [0.4, 0.5) is 0 Å². The first-order chi connectivity index (χ1) is 7.74. The van der Waals surface area contributed by atoms with Gasteiger partial charge in [0.15, 0.2) is 5.78 Å². The van der Waals surface area contributed by atoms with E-state index < -0.39 is 0 Å². The van der Waals surface area contributed by atoms with E-state index in [0.717, 1.165) is 17.3 Å². The summed E-state index contributed by atoms with van der Waals surface area (Å²) < 4.78 is 1.69. The van der Waals surface area contributed by atoms with E-state index in [1.54, 1.807) is 22.6 Å². The highest BCUT2D eigenvalue weighted by Gasteiger charge is 2.27. The molecule has 1 atom stereocenters. The summed E-state index contributed by atoms with van der Waals surface area (Å²) in [5.74, 6) is 3.18. The first-order valence-electron chi connectivity index (χ1n) is 5.19. The van der Waals surface area contributed by atoms with Crippen LogP contribution < -0.4 is 0 Å². The van der Waals surface area contributed by atoms with Crippen LogP contribution in [0.3, 0.4) is 0 Å². The van der Waals surface area contributed by atoms with Crippen molar-refractivity contribution in [2.75, 3.05) is 17.3 Å². The quantitative estimate of drug-likeness (QED) is 0.795. The van der Waals surface area contributed by atoms with Gasteiger partial charge in [-0.05, 0) is 6.92 Å². The molecule has 2 heterocycles. The number of nitrogens with zero attached hydrogens (tertiary/aromatic N) is 2. The van der Waals surface area contributed by atoms with Crippen molar-refractivity contribution in [2.45, 2.75) is 18.7 Å². The van der Waals surface area contributed by atoms with Gasteiger partial charge >= 0.3 is 0 Å². The summed E-state index contributed by atoms with van der Waals surface area (Å²) in [6.07, 6.45) is 1.55. The molecule has 0 bridgehead atoms. The molecule has 1 aliphatic rings. The predicted molar refractivity (Wildman–Crippen MR) is 70.8 cm³/mol. The fraction of sp³-hybridized carbons (Fsp3) is 0.600. The van der Waals surface area contributed by atoms with Gasteiger partial charge in [0.2, 0.25) is 0 Å². The second kappa shape index (κ2) is 5.47. The van der Waals surface area contributed by atoms with Gasteiger partial charge < -0.3 is 0 Å². The molecule has 1 fully saturated rings. The third-order valence-electron chi connectivity index (χ3n) is 2.44. The van der Waals surface area contributed by atoms with Crippen molar-refractivity contribution in [3.05, 3.63) is 16.9 Å². The maximum Gasteiger partial charge on any atom is 0.196 e. The van der Waals surface area contributed by atoms with E-state index in [4.69, 9.17) is 11.6 Å². The van der Waals surface area contributed by atoms with Crippen molar-refractivity contribution in [3.63, 3.8) is 0 Å². The summed E-state index contributed by atoms with van der Waals surface area (Å²) in [7, 11) is 0. The molecule has 0 amide bonds. The van der Waals surface area contributed by atoms with Gasteiger partial charge in [-0.2, -0.15) is 16.9 Å². The van der Waals surface area contributed by atoms with Crippen molar-refractivity contribution < 1.29 is 4.79 Å². The summed E-state index contributed by atoms with van der Waals surface area (Å²) in [5.41, 5.74) is 0.573. The van der Waals surface area contributed by atoms with Gasteiger partial charge in [-0.15, -0.1) is 11.8 Å². The number of hydrogen-bond donors (Lipinski definition) is 0. The Kier molecular flexibility index (Phi) is 4.21. The van der Waals surface area contributed by atoms with E-state index in [-0.39, 0.29) is 11.0 Å². The molecule has 2 rings (SSSR count). The molecule has 6 heteroatoms. The van der Waals surface area contributed by atoms with Crippen molar-refractivity contribution in [2.24, 2.45) is 0 Å². The van der Waals surface area contributed by atoms with Crippen LogP contribution in [0.15, 0.2) is 6.20 Å².